The van der Waals surface area contributed by atoms with E-state index in [1.54, 1.807) is 5.43 Å². The van der Waals surface area contributed by atoms with Crippen LogP contribution in [0.2, 0.25) is 0 Å². The van der Waals surface area contributed by atoms with E-state index in [1.807, 2.05) is 0 Å². The van der Waals surface area contributed by atoms with Crippen molar-refractivity contribution in [2.24, 2.45) is 16.2 Å². The van der Waals surface area contributed by atoms with E-state index in [0.29, 0.717) is 0 Å². The number of hydrogen-bond donors (Lipinski definition) is 1. The Hall–Kier alpha value is -1.60. The minimum absolute atomic E-state index is 0.745. The molecule has 0 aromatic rings. The van der Waals surface area contributed by atoms with Gasteiger partial charge >= 0.3 is 6.18 Å². The second-order valence-corrected chi connectivity index (χ2v) is 2.39. The third-order valence-electron chi connectivity index (χ3n) is 1.47. The summed E-state index contributed by atoms with van der Waals surface area (Å²) in [6, 6.07) is 0. The van der Waals surface area contributed by atoms with E-state index in [9.17, 15) is 18.0 Å². The summed E-state index contributed by atoms with van der Waals surface area (Å²) in [5, 5.41) is 5.97. The van der Waals surface area contributed by atoms with Crippen LogP contribution in [-0.2, 0) is 9.63 Å². The molecular formula is C6H6F3N3O2. The van der Waals surface area contributed by atoms with Gasteiger partial charge in [-0.3, -0.25) is 4.79 Å². The third kappa shape index (κ3) is 2.01. The number of halogens is 3. The maximum absolute atomic E-state index is 12.2. The molecule has 1 N–H and O–H groups in total. The molecule has 0 fully saturated rings. The fourth-order valence-electron chi connectivity index (χ4n) is 0.878. The molecule has 0 aromatic heterocycles. The average Bonchev–Trinajstić information content (AvgIpc) is 2.42. The highest BCUT2D eigenvalue weighted by Crippen LogP contribution is 2.24. The lowest BCUT2D eigenvalue weighted by atomic mass is 10.1. The number of carbonyl (C=O) groups excluding carboxylic acids is 1. The highest BCUT2D eigenvalue weighted by molar-refractivity contribution is 6.20. The number of alkyl halides is 3. The van der Waals surface area contributed by atoms with Crippen molar-refractivity contribution in [3.05, 3.63) is 0 Å². The van der Waals surface area contributed by atoms with Crippen molar-refractivity contribution in [3.8, 4) is 0 Å². The van der Waals surface area contributed by atoms with Gasteiger partial charge in [-0.15, -0.1) is 0 Å². The summed E-state index contributed by atoms with van der Waals surface area (Å²) in [4.78, 5) is 15.0. The molecule has 0 aliphatic carbocycles. The van der Waals surface area contributed by atoms with E-state index >= 15 is 0 Å². The number of hydrogen-bond acceptors (Lipinski definition) is 4. The van der Waals surface area contributed by atoms with Gasteiger partial charge in [0.2, 0.25) is 0 Å². The predicted octanol–water partition coefficient (Wildman–Crippen LogP) is 0.283. The van der Waals surface area contributed by atoms with Gasteiger partial charge in [-0.05, 0) is 0 Å². The fraction of sp³-hybridized carbons (Fsp3) is 0.500. The molecule has 5 nitrogen and oxygen atoms in total. The van der Waals surface area contributed by atoms with Gasteiger partial charge in [0, 0.05) is 0 Å². The standard InChI is InChI=1S/C6H6F3N3O2/c1-14-10-2-3-4(6(7,8)9)11-12-5(3)13/h2-3H,1H3,(H,12,13). The lowest BCUT2D eigenvalue weighted by molar-refractivity contribution is -0.121. The van der Waals surface area contributed by atoms with Crippen molar-refractivity contribution in [1.29, 1.82) is 0 Å². The predicted molar refractivity (Wildman–Crippen MR) is 40.6 cm³/mol. The van der Waals surface area contributed by atoms with Crippen molar-refractivity contribution in [2.45, 2.75) is 6.18 Å². The highest BCUT2D eigenvalue weighted by atomic mass is 19.4. The van der Waals surface area contributed by atoms with Crippen LogP contribution in [0.15, 0.2) is 10.3 Å². The lowest BCUT2D eigenvalue weighted by Crippen LogP contribution is -2.33. The normalized spacial score (nSPS) is 22.4. The van der Waals surface area contributed by atoms with E-state index in [2.05, 4.69) is 15.1 Å². The fourth-order valence-corrected chi connectivity index (χ4v) is 0.878. The minimum atomic E-state index is -4.65. The van der Waals surface area contributed by atoms with Gasteiger partial charge in [-0.25, -0.2) is 5.43 Å². The van der Waals surface area contributed by atoms with E-state index in [-0.39, 0.29) is 0 Å². The molecule has 0 aromatic carbocycles. The number of oxime groups is 1. The van der Waals surface area contributed by atoms with Crippen LogP contribution in [0.3, 0.4) is 0 Å². The number of nitrogens with zero attached hydrogens (tertiary/aromatic N) is 2. The smallest absolute Gasteiger partial charge is 0.399 e. The molecule has 0 radical (unpaired) electrons. The second kappa shape index (κ2) is 3.64. The maximum Gasteiger partial charge on any atom is 0.432 e. The molecule has 0 saturated heterocycles. The zero-order valence-corrected chi connectivity index (χ0v) is 7.00. The van der Waals surface area contributed by atoms with Crippen LogP contribution in [0.1, 0.15) is 0 Å². The Bertz CT molecular complexity index is 297. The molecule has 1 heterocycles. The summed E-state index contributed by atoms with van der Waals surface area (Å²) in [5.74, 6) is -2.41. The van der Waals surface area contributed by atoms with Gasteiger partial charge in [0.15, 0.2) is 5.71 Å². The number of hydrazone groups is 1. The number of rotatable bonds is 2. The molecule has 1 rings (SSSR count). The van der Waals surface area contributed by atoms with E-state index < -0.39 is 23.7 Å². The largest absolute Gasteiger partial charge is 0.432 e. The molecule has 0 bridgehead atoms. The number of amides is 1. The molecule has 1 atom stereocenters. The Labute approximate surface area is 76.6 Å². The zero-order valence-electron chi connectivity index (χ0n) is 7.00. The number of carbonyl (C=O) groups is 1. The van der Waals surface area contributed by atoms with Crippen LogP contribution < -0.4 is 5.43 Å². The van der Waals surface area contributed by atoms with E-state index in [4.69, 9.17) is 0 Å². The van der Waals surface area contributed by atoms with Crippen LogP contribution in [0, 0.1) is 5.92 Å². The summed E-state index contributed by atoms with van der Waals surface area (Å²) in [6.07, 6.45) is -3.90. The highest BCUT2D eigenvalue weighted by Gasteiger charge is 2.46. The molecule has 78 valence electrons. The van der Waals surface area contributed by atoms with E-state index in [0.717, 1.165) is 13.3 Å². The first kappa shape index (κ1) is 10.5. The molecule has 1 aliphatic rings. The average molecular weight is 209 g/mol. The van der Waals surface area contributed by atoms with Crippen LogP contribution in [0.4, 0.5) is 13.2 Å². The topological polar surface area (TPSA) is 63.0 Å². The molecule has 1 amide bonds. The van der Waals surface area contributed by atoms with Gasteiger partial charge in [-0.2, -0.15) is 18.3 Å². The molecular weight excluding hydrogens is 203 g/mol. The van der Waals surface area contributed by atoms with Gasteiger partial charge in [0.25, 0.3) is 5.91 Å². The van der Waals surface area contributed by atoms with Crippen molar-refractivity contribution >= 4 is 17.8 Å². The third-order valence-corrected chi connectivity index (χ3v) is 1.47. The second-order valence-electron chi connectivity index (χ2n) is 2.39. The summed E-state index contributed by atoms with van der Waals surface area (Å²) in [7, 11) is 1.16. The van der Waals surface area contributed by atoms with Gasteiger partial charge in [-0.1, -0.05) is 5.16 Å². The van der Waals surface area contributed by atoms with Crippen LogP contribution in [0.25, 0.3) is 0 Å². The van der Waals surface area contributed by atoms with Crippen LogP contribution in [-0.4, -0.2) is 31.1 Å². The maximum atomic E-state index is 12.2. The minimum Gasteiger partial charge on any atom is -0.399 e. The summed E-state index contributed by atoms with van der Waals surface area (Å²) < 4.78 is 36.6. The van der Waals surface area contributed by atoms with Crippen molar-refractivity contribution < 1.29 is 22.8 Å². The zero-order chi connectivity index (χ0) is 10.8. The van der Waals surface area contributed by atoms with Crippen LogP contribution in [0.5, 0.6) is 0 Å². The van der Waals surface area contributed by atoms with Crippen molar-refractivity contribution in [2.75, 3.05) is 7.11 Å². The Morgan fingerprint density at radius 3 is 2.79 bits per heavy atom. The molecule has 0 saturated carbocycles. The first-order valence-corrected chi connectivity index (χ1v) is 3.48. The Morgan fingerprint density at radius 1 is 1.64 bits per heavy atom. The van der Waals surface area contributed by atoms with Gasteiger partial charge in [0.05, 0.1) is 6.21 Å². The quantitative estimate of drug-likeness (QED) is 0.524. The molecule has 14 heavy (non-hydrogen) atoms. The molecule has 8 heteroatoms. The van der Waals surface area contributed by atoms with Crippen molar-refractivity contribution in [1.82, 2.24) is 5.43 Å². The Morgan fingerprint density at radius 2 is 2.29 bits per heavy atom. The molecule has 0 spiro atoms. The Balaban J connectivity index is 2.86. The number of nitrogens with one attached hydrogen (secondary N) is 1. The lowest BCUT2D eigenvalue weighted by Gasteiger charge is -2.07. The first-order chi connectivity index (χ1) is 6.46. The van der Waals surface area contributed by atoms with Gasteiger partial charge < -0.3 is 4.84 Å². The monoisotopic (exact) mass is 209 g/mol. The Kier molecular flexibility index (Phi) is 2.73. The SMILES string of the molecule is CON=CC1C(=O)NN=C1C(F)(F)F. The van der Waals surface area contributed by atoms with E-state index in [1.165, 1.54) is 0 Å². The van der Waals surface area contributed by atoms with Crippen LogP contribution >= 0.6 is 0 Å². The first-order valence-electron chi connectivity index (χ1n) is 3.48. The summed E-state index contributed by atoms with van der Waals surface area (Å²) in [6.45, 7) is 0. The van der Waals surface area contributed by atoms with Gasteiger partial charge in [0.1, 0.15) is 13.0 Å². The van der Waals surface area contributed by atoms with Crippen molar-refractivity contribution in [3.63, 3.8) is 0 Å². The molecule has 1 unspecified atom stereocenters. The molecule has 1 aliphatic heterocycles. The summed E-state index contributed by atoms with van der Waals surface area (Å²) in [5.41, 5.74) is 0.498. The summed E-state index contributed by atoms with van der Waals surface area (Å²) >= 11 is 0.